The fourth-order valence-corrected chi connectivity index (χ4v) is 1.70. The second-order valence-corrected chi connectivity index (χ2v) is 3.68. The van der Waals surface area contributed by atoms with E-state index in [9.17, 15) is 13.6 Å². The Morgan fingerprint density at radius 2 is 1.88 bits per heavy atom. The van der Waals surface area contributed by atoms with E-state index in [1.54, 1.807) is 6.92 Å². The number of hydrogen-bond donors (Lipinski definition) is 2. The summed E-state index contributed by atoms with van der Waals surface area (Å²) in [5.41, 5.74) is 5.85. The van der Waals surface area contributed by atoms with E-state index in [0.717, 1.165) is 12.1 Å². The smallest absolute Gasteiger partial charge is 0.250 e. The van der Waals surface area contributed by atoms with E-state index in [2.05, 4.69) is 4.98 Å². The lowest BCUT2D eigenvalue weighted by Crippen LogP contribution is -2.10. The molecule has 0 spiro atoms. The van der Waals surface area contributed by atoms with E-state index >= 15 is 0 Å². The van der Waals surface area contributed by atoms with Crippen molar-refractivity contribution in [3.63, 3.8) is 0 Å². The van der Waals surface area contributed by atoms with E-state index in [1.807, 2.05) is 0 Å². The lowest BCUT2D eigenvalue weighted by Gasteiger charge is -2.01. The van der Waals surface area contributed by atoms with Gasteiger partial charge in [0.1, 0.15) is 11.6 Å². The van der Waals surface area contributed by atoms with E-state index in [1.165, 1.54) is 12.1 Å². The van der Waals surface area contributed by atoms with Crippen molar-refractivity contribution in [2.45, 2.75) is 6.92 Å². The Balaban J connectivity index is 2.62. The summed E-state index contributed by atoms with van der Waals surface area (Å²) in [4.78, 5) is 13.8. The Morgan fingerprint density at radius 1 is 1.29 bits per heavy atom. The van der Waals surface area contributed by atoms with Crippen LogP contribution in [0.5, 0.6) is 0 Å². The lowest BCUT2D eigenvalue weighted by atomic mass is 10.1. The largest absolute Gasteiger partial charge is 0.366 e. The van der Waals surface area contributed by atoms with Gasteiger partial charge in [0.15, 0.2) is 0 Å². The first kappa shape index (κ1) is 11.3. The van der Waals surface area contributed by atoms with Crippen molar-refractivity contribution in [2.24, 2.45) is 5.73 Å². The first-order valence-electron chi connectivity index (χ1n) is 4.94. The topological polar surface area (TPSA) is 58.9 Å². The Bertz CT molecular complexity index is 570. The van der Waals surface area contributed by atoms with Gasteiger partial charge in [-0.3, -0.25) is 4.79 Å². The number of primary amides is 1. The average molecular weight is 236 g/mol. The SMILES string of the molecule is Cc1[nH]c(-c2c(F)cccc2F)cc1C(N)=O. The van der Waals surface area contributed by atoms with Gasteiger partial charge in [-0.05, 0) is 25.1 Å². The van der Waals surface area contributed by atoms with Crippen LogP contribution in [0.1, 0.15) is 16.1 Å². The van der Waals surface area contributed by atoms with Crippen LogP contribution in [0.3, 0.4) is 0 Å². The monoisotopic (exact) mass is 236 g/mol. The Morgan fingerprint density at radius 3 is 2.35 bits per heavy atom. The third-order valence-corrected chi connectivity index (χ3v) is 2.51. The van der Waals surface area contributed by atoms with Crippen molar-refractivity contribution in [3.05, 3.63) is 47.2 Å². The first-order chi connectivity index (χ1) is 8.00. The van der Waals surface area contributed by atoms with Crippen LogP contribution in [0.4, 0.5) is 8.78 Å². The molecule has 0 aliphatic carbocycles. The molecule has 1 aromatic heterocycles. The molecule has 0 saturated carbocycles. The maximum Gasteiger partial charge on any atom is 0.250 e. The molecule has 88 valence electrons. The number of aryl methyl sites for hydroxylation is 1. The van der Waals surface area contributed by atoms with Gasteiger partial charge in [-0.2, -0.15) is 0 Å². The van der Waals surface area contributed by atoms with Gasteiger partial charge in [0, 0.05) is 5.69 Å². The molecule has 0 unspecified atom stereocenters. The van der Waals surface area contributed by atoms with Gasteiger partial charge in [0.05, 0.1) is 16.8 Å². The van der Waals surface area contributed by atoms with Crippen molar-refractivity contribution in [1.29, 1.82) is 0 Å². The van der Waals surface area contributed by atoms with Crippen LogP contribution < -0.4 is 5.73 Å². The molecule has 0 saturated heterocycles. The van der Waals surface area contributed by atoms with Gasteiger partial charge in [-0.1, -0.05) is 6.07 Å². The predicted molar refractivity (Wildman–Crippen MR) is 59.4 cm³/mol. The lowest BCUT2D eigenvalue weighted by molar-refractivity contribution is 0.1000. The fourth-order valence-electron chi connectivity index (χ4n) is 1.70. The molecule has 1 aromatic carbocycles. The van der Waals surface area contributed by atoms with Crippen LogP contribution in [0, 0.1) is 18.6 Å². The molecule has 0 bridgehead atoms. The second-order valence-electron chi connectivity index (χ2n) is 3.68. The van der Waals surface area contributed by atoms with Crippen molar-refractivity contribution >= 4 is 5.91 Å². The summed E-state index contributed by atoms with van der Waals surface area (Å²) in [5, 5.41) is 0. The molecule has 5 heteroatoms. The highest BCUT2D eigenvalue weighted by molar-refractivity contribution is 5.95. The summed E-state index contributed by atoms with van der Waals surface area (Å²) < 4.78 is 27.0. The molecule has 2 aromatic rings. The van der Waals surface area contributed by atoms with Crippen LogP contribution in [0.2, 0.25) is 0 Å². The van der Waals surface area contributed by atoms with E-state index in [-0.39, 0.29) is 16.8 Å². The Labute approximate surface area is 96.3 Å². The normalized spacial score (nSPS) is 10.5. The number of amides is 1. The van der Waals surface area contributed by atoms with Gasteiger partial charge in [0.2, 0.25) is 0 Å². The highest BCUT2D eigenvalue weighted by Gasteiger charge is 2.16. The molecular weight excluding hydrogens is 226 g/mol. The number of carbonyl (C=O) groups excluding carboxylic acids is 1. The van der Waals surface area contributed by atoms with Crippen LogP contribution >= 0.6 is 0 Å². The maximum atomic E-state index is 13.5. The first-order valence-corrected chi connectivity index (χ1v) is 4.94. The minimum absolute atomic E-state index is 0.192. The minimum atomic E-state index is -0.692. The zero-order valence-corrected chi connectivity index (χ0v) is 9.05. The zero-order valence-electron chi connectivity index (χ0n) is 9.05. The molecule has 3 N–H and O–H groups in total. The van der Waals surface area contributed by atoms with Gasteiger partial charge in [-0.25, -0.2) is 8.78 Å². The molecular formula is C12H10F2N2O. The number of carbonyl (C=O) groups is 1. The number of nitrogens with one attached hydrogen (secondary N) is 1. The number of aromatic nitrogens is 1. The second kappa shape index (κ2) is 4.01. The summed E-state index contributed by atoms with van der Waals surface area (Å²) in [6.07, 6.45) is 0. The summed E-state index contributed by atoms with van der Waals surface area (Å²) in [6, 6.07) is 4.93. The number of rotatable bonds is 2. The number of benzene rings is 1. The summed E-state index contributed by atoms with van der Waals surface area (Å²) in [5.74, 6) is -2.02. The van der Waals surface area contributed by atoms with Crippen LogP contribution in [-0.2, 0) is 0 Å². The number of H-pyrrole nitrogens is 1. The van der Waals surface area contributed by atoms with Crippen molar-refractivity contribution in [3.8, 4) is 11.3 Å². The van der Waals surface area contributed by atoms with Crippen LogP contribution in [-0.4, -0.2) is 10.9 Å². The molecule has 0 fully saturated rings. The predicted octanol–water partition coefficient (Wildman–Crippen LogP) is 2.37. The number of nitrogens with two attached hydrogens (primary N) is 1. The standard InChI is InChI=1S/C12H10F2N2O/c1-6-7(12(15)17)5-10(16-6)11-8(13)3-2-4-9(11)14/h2-5,16H,1H3,(H2,15,17). The summed E-state index contributed by atoms with van der Waals surface area (Å²) in [7, 11) is 0. The molecule has 3 nitrogen and oxygen atoms in total. The average Bonchev–Trinajstić information content (AvgIpc) is 2.60. The minimum Gasteiger partial charge on any atom is -0.366 e. The maximum absolute atomic E-state index is 13.5. The quantitative estimate of drug-likeness (QED) is 0.826. The van der Waals surface area contributed by atoms with E-state index in [0.29, 0.717) is 5.69 Å². The van der Waals surface area contributed by atoms with Crippen molar-refractivity contribution in [2.75, 3.05) is 0 Å². The van der Waals surface area contributed by atoms with Gasteiger partial charge in [0.25, 0.3) is 5.91 Å². The van der Waals surface area contributed by atoms with Crippen LogP contribution in [0.15, 0.2) is 24.3 Å². The molecule has 1 heterocycles. The number of hydrogen-bond acceptors (Lipinski definition) is 1. The highest BCUT2D eigenvalue weighted by Crippen LogP contribution is 2.26. The fraction of sp³-hybridized carbons (Fsp3) is 0.0833. The number of aromatic amines is 1. The summed E-state index contributed by atoms with van der Waals surface area (Å²) >= 11 is 0. The van der Waals surface area contributed by atoms with Crippen LogP contribution in [0.25, 0.3) is 11.3 Å². The Hall–Kier alpha value is -2.17. The molecule has 0 atom stereocenters. The third-order valence-electron chi connectivity index (χ3n) is 2.51. The zero-order chi connectivity index (χ0) is 12.6. The molecule has 0 aliphatic rings. The van der Waals surface area contributed by atoms with Crippen molar-refractivity contribution < 1.29 is 13.6 Å². The van der Waals surface area contributed by atoms with Crippen molar-refractivity contribution in [1.82, 2.24) is 4.98 Å². The van der Waals surface area contributed by atoms with Gasteiger partial charge >= 0.3 is 0 Å². The molecule has 17 heavy (non-hydrogen) atoms. The van der Waals surface area contributed by atoms with E-state index < -0.39 is 17.5 Å². The van der Waals surface area contributed by atoms with Gasteiger partial charge < -0.3 is 10.7 Å². The molecule has 0 radical (unpaired) electrons. The van der Waals surface area contributed by atoms with Gasteiger partial charge in [-0.15, -0.1) is 0 Å². The Kier molecular flexibility index (Phi) is 2.67. The highest BCUT2D eigenvalue weighted by atomic mass is 19.1. The molecule has 0 aliphatic heterocycles. The summed E-state index contributed by atoms with van der Waals surface area (Å²) in [6.45, 7) is 1.61. The number of halogens is 2. The molecule has 2 rings (SSSR count). The molecule has 1 amide bonds. The van der Waals surface area contributed by atoms with E-state index in [4.69, 9.17) is 5.73 Å². The third kappa shape index (κ3) is 1.91.